The van der Waals surface area contributed by atoms with Crippen LogP contribution in [-0.4, -0.2) is 39.0 Å². The Bertz CT molecular complexity index is 591. The van der Waals surface area contributed by atoms with Gasteiger partial charge in [0, 0.05) is 25.9 Å². The number of sulfonamides is 1. The highest BCUT2D eigenvalue weighted by Crippen LogP contribution is 2.29. The average Bonchev–Trinajstić information content (AvgIpc) is 2.43. The Kier molecular flexibility index (Phi) is 4.36. The SMILES string of the molecule is COC1CCN(S(=O)(=O)c2c(C)ccc(N)c2C)CC1. The van der Waals surface area contributed by atoms with E-state index in [9.17, 15) is 8.42 Å². The van der Waals surface area contributed by atoms with Gasteiger partial charge in [-0.3, -0.25) is 0 Å². The van der Waals surface area contributed by atoms with E-state index in [0.717, 1.165) is 18.4 Å². The third-order valence-electron chi connectivity index (χ3n) is 3.98. The van der Waals surface area contributed by atoms with Crippen LogP contribution >= 0.6 is 0 Å². The molecule has 0 bridgehead atoms. The van der Waals surface area contributed by atoms with E-state index >= 15 is 0 Å². The van der Waals surface area contributed by atoms with Gasteiger partial charge < -0.3 is 10.5 Å². The number of aryl methyl sites for hydroxylation is 1. The molecule has 1 aromatic rings. The molecule has 0 radical (unpaired) electrons. The van der Waals surface area contributed by atoms with E-state index in [4.69, 9.17) is 10.5 Å². The van der Waals surface area contributed by atoms with Crippen LogP contribution in [0.15, 0.2) is 17.0 Å². The van der Waals surface area contributed by atoms with Crippen LogP contribution in [0.3, 0.4) is 0 Å². The number of rotatable bonds is 3. The Labute approximate surface area is 120 Å². The van der Waals surface area contributed by atoms with E-state index in [1.54, 1.807) is 33.1 Å². The number of nitrogens with two attached hydrogens (primary N) is 1. The molecule has 0 spiro atoms. The molecule has 1 fully saturated rings. The highest BCUT2D eigenvalue weighted by atomic mass is 32.2. The van der Waals surface area contributed by atoms with E-state index in [1.165, 1.54) is 4.31 Å². The summed E-state index contributed by atoms with van der Waals surface area (Å²) in [5.74, 6) is 0. The van der Waals surface area contributed by atoms with Crippen molar-refractivity contribution in [2.24, 2.45) is 0 Å². The molecule has 6 heteroatoms. The van der Waals surface area contributed by atoms with Crippen LogP contribution in [0.5, 0.6) is 0 Å². The average molecular weight is 298 g/mol. The molecule has 1 heterocycles. The summed E-state index contributed by atoms with van der Waals surface area (Å²) in [7, 11) is -1.81. The number of anilines is 1. The summed E-state index contributed by atoms with van der Waals surface area (Å²) in [6, 6.07) is 3.51. The number of hydrogen-bond donors (Lipinski definition) is 1. The van der Waals surface area contributed by atoms with Gasteiger partial charge in [0.15, 0.2) is 0 Å². The fourth-order valence-electron chi connectivity index (χ4n) is 2.68. The van der Waals surface area contributed by atoms with Crippen molar-refractivity contribution in [3.63, 3.8) is 0 Å². The van der Waals surface area contributed by atoms with Crippen molar-refractivity contribution >= 4 is 15.7 Å². The summed E-state index contributed by atoms with van der Waals surface area (Å²) < 4.78 is 32.4. The normalized spacial score (nSPS) is 18.4. The molecule has 112 valence electrons. The molecule has 0 aliphatic carbocycles. The summed E-state index contributed by atoms with van der Waals surface area (Å²) in [6.45, 7) is 4.56. The third-order valence-corrected chi connectivity index (χ3v) is 6.17. The molecule has 0 aromatic heterocycles. The van der Waals surface area contributed by atoms with Crippen molar-refractivity contribution in [2.75, 3.05) is 25.9 Å². The van der Waals surface area contributed by atoms with Crippen LogP contribution in [0.25, 0.3) is 0 Å². The smallest absolute Gasteiger partial charge is 0.243 e. The van der Waals surface area contributed by atoms with Gasteiger partial charge in [-0.05, 0) is 43.9 Å². The first-order valence-electron chi connectivity index (χ1n) is 6.76. The number of methoxy groups -OCH3 is 1. The molecule has 2 rings (SSSR count). The zero-order chi connectivity index (χ0) is 14.9. The van der Waals surface area contributed by atoms with Crippen LogP contribution < -0.4 is 5.73 Å². The lowest BCUT2D eigenvalue weighted by Gasteiger charge is -2.31. The molecule has 0 amide bonds. The Balaban J connectivity index is 2.35. The first-order chi connectivity index (χ1) is 9.37. The van der Waals surface area contributed by atoms with Crippen molar-refractivity contribution < 1.29 is 13.2 Å². The molecular weight excluding hydrogens is 276 g/mol. The largest absolute Gasteiger partial charge is 0.398 e. The van der Waals surface area contributed by atoms with Gasteiger partial charge in [-0.2, -0.15) is 4.31 Å². The second kappa shape index (κ2) is 5.71. The number of ether oxygens (including phenoxy) is 1. The Hall–Kier alpha value is -1.11. The summed E-state index contributed by atoms with van der Waals surface area (Å²) in [5, 5.41) is 0. The van der Waals surface area contributed by atoms with Crippen molar-refractivity contribution in [1.82, 2.24) is 4.31 Å². The maximum atomic E-state index is 12.8. The minimum Gasteiger partial charge on any atom is -0.398 e. The fourth-order valence-corrected chi connectivity index (χ4v) is 4.61. The molecule has 1 saturated heterocycles. The van der Waals surface area contributed by atoms with Crippen LogP contribution in [0.4, 0.5) is 5.69 Å². The number of benzene rings is 1. The Morgan fingerprint density at radius 1 is 1.25 bits per heavy atom. The van der Waals surface area contributed by atoms with Gasteiger partial charge in [0.2, 0.25) is 10.0 Å². The molecule has 5 nitrogen and oxygen atoms in total. The van der Waals surface area contributed by atoms with Crippen LogP contribution in [0.1, 0.15) is 24.0 Å². The topological polar surface area (TPSA) is 72.6 Å². The van der Waals surface area contributed by atoms with Crippen LogP contribution in [-0.2, 0) is 14.8 Å². The predicted octanol–water partition coefficient (Wildman–Crippen LogP) is 1.69. The minimum atomic E-state index is -3.48. The molecule has 0 atom stereocenters. The minimum absolute atomic E-state index is 0.157. The molecule has 1 aromatic carbocycles. The maximum Gasteiger partial charge on any atom is 0.243 e. The van der Waals surface area contributed by atoms with Crippen LogP contribution in [0.2, 0.25) is 0 Å². The fraction of sp³-hybridized carbons (Fsp3) is 0.571. The van der Waals surface area contributed by atoms with Gasteiger partial charge in [-0.15, -0.1) is 0 Å². The van der Waals surface area contributed by atoms with Gasteiger partial charge in [0.05, 0.1) is 11.0 Å². The van der Waals surface area contributed by atoms with E-state index < -0.39 is 10.0 Å². The van der Waals surface area contributed by atoms with Crippen molar-refractivity contribution in [2.45, 2.75) is 37.7 Å². The molecular formula is C14H22N2O3S. The van der Waals surface area contributed by atoms with Crippen molar-refractivity contribution in [3.8, 4) is 0 Å². The van der Waals surface area contributed by atoms with Gasteiger partial charge in [-0.1, -0.05) is 6.07 Å². The molecule has 1 aliphatic heterocycles. The highest BCUT2D eigenvalue weighted by Gasteiger charge is 2.31. The monoisotopic (exact) mass is 298 g/mol. The lowest BCUT2D eigenvalue weighted by molar-refractivity contribution is 0.0604. The second-order valence-corrected chi connectivity index (χ2v) is 7.14. The standard InChI is InChI=1S/C14H22N2O3S/c1-10-4-5-13(15)11(2)14(10)20(17,18)16-8-6-12(19-3)7-9-16/h4-5,12H,6-9,15H2,1-3H3. The Morgan fingerprint density at radius 2 is 1.85 bits per heavy atom. The summed E-state index contributed by atoms with van der Waals surface area (Å²) in [4.78, 5) is 0.355. The number of nitrogens with zero attached hydrogens (tertiary/aromatic N) is 1. The maximum absolute atomic E-state index is 12.8. The second-order valence-electron chi connectivity index (χ2n) is 5.26. The van der Waals surface area contributed by atoms with Gasteiger partial charge in [-0.25, -0.2) is 8.42 Å². The molecule has 20 heavy (non-hydrogen) atoms. The zero-order valence-corrected chi connectivity index (χ0v) is 13.0. The number of piperidine rings is 1. The lowest BCUT2D eigenvalue weighted by atomic mass is 10.1. The quantitative estimate of drug-likeness (QED) is 0.862. The third kappa shape index (κ3) is 2.68. The van der Waals surface area contributed by atoms with E-state index in [2.05, 4.69) is 0 Å². The van der Waals surface area contributed by atoms with Gasteiger partial charge >= 0.3 is 0 Å². The van der Waals surface area contributed by atoms with Crippen LogP contribution in [0, 0.1) is 13.8 Å². The first kappa shape index (κ1) is 15.3. The van der Waals surface area contributed by atoms with Gasteiger partial charge in [0.25, 0.3) is 0 Å². The molecule has 2 N–H and O–H groups in total. The Morgan fingerprint density at radius 3 is 2.40 bits per heavy atom. The highest BCUT2D eigenvalue weighted by molar-refractivity contribution is 7.89. The zero-order valence-electron chi connectivity index (χ0n) is 12.2. The van der Waals surface area contributed by atoms with Crippen molar-refractivity contribution in [3.05, 3.63) is 23.3 Å². The molecule has 0 unspecified atom stereocenters. The summed E-state index contributed by atoms with van der Waals surface area (Å²) in [5.41, 5.74) is 7.75. The van der Waals surface area contributed by atoms with E-state index in [1.807, 2.05) is 0 Å². The predicted molar refractivity (Wildman–Crippen MR) is 79.1 cm³/mol. The number of nitrogen functional groups attached to an aromatic ring is 1. The summed E-state index contributed by atoms with van der Waals surface area (Å²) in [6.07, 6.45) is 1.62. The van der Waals surface area contributed by atoms with Crippen molar-refractivity contribution in [1.29, 1.82) is 0 Å². The van der Waals surface area contributed by atoms with E-state index in [0.29, 0.717) is 29.2 Å². The molecule has 0 saturated carbocycles. The molecule has 1 aliphatic rings. The number of hydrogen-bond acceptors (Lipinski definition) is 4. The summed E-state index contributed by atoms with van der Waals surface area (Å²) >= 11 is 0. The lowest BCUT2D eigenvalue weighted by Crippen LogP contribution is -2.41. The van der Waals surface area contributed by atoms with Gasteiger partial charge in [0.1, 0.15) is 0 Å². The first-order valence-corrected chi connectivity index (χ1v) is 8.20. The van der Waals surface area contributed by atoms with E-state index in [-0.39, 0.29) is 6.10 Å².